The number of nitrogens with zero attached hydrogens (tertiary/aromatic N) is 2. The molecule has 0 radical (unpaired) electrons. The van der Waals surface area contributed by atoms with Crippen molar-refractivity contribution in [1.82, 2.24) is 19.5 Å². The number of carbonyl (C=O) groups excluding carboxylic acids is 1. The molecule has 0 aliphatic heterocycles. The molecule has 272 valence electrons. The summed E-state index contributed by atoms with van der Waals surface area (Å²) in [5, 5.41) is 5.46. The highest BCUT2D eigenvalue weighted by Gasteiger charge is 2.28. The molecule has 0 amide bonds. The lowest BCUT2D eigenvalue weighted by Gasteiger charge is -2.19. The molecule has 3 unspecified atom stereocenters. The Bertz CT molecular complexity index is 1740. The maximum Gasteiger partial charge on any atom is 0.387 e. The van der Waals surface area contributed by atoms with E-state index in [0.717, 1.165) is 23.7 Å². The number of hydrogen-bond acceptors (Lipinski definition) is 6. The summed E-state index contributed by atoms with van der Waals surface area (Å²) in [5.74, 6) is 0.219. The highest BCUT2D eigenvalue weighted by Crippen LogP contribution is 2.33. The van der Waals surface area contributed by atoms with Crippen LogP contribution in [0, 0.1) is 13.8 Å². The first-order chi connectivity index (χ1) is 23.8. The number of ether oxygens (including phenoxy) is 2. The first-order valence-electron chi connectivity index (χ1n) is 16.6. The van der Waals surface area contributed by atoms with Gasteiger partial charge in [-0.2, -0.15) is 13.9 Å². The van der Waals surface area contributed by atoms with Gasteiger partial charge in [-0.15, -0.1) is 9.24 Å². The third-order valence-electron chi connectivity index (χ3n) is 8.08. The first-order valence-corrected chi connectivity index (χ1v) is 18.4. The van der Waals surface area contributed by atoms with E-state index in [1.807, 2.05) is 52.0 Å². The normalized spacial score (nSPS) is 15.5. The molecule has 2 heterocycles. The van der Waals surface area contributed by atoms with Crippen molar-refractivity contribution in [3.8, 4) is 5.75 Å². The minimum atomic E-state index is -3.05. The number of aromatic nitrogens is 3. The molecule has 0 spiro atoms. The summed E-state index contributed by atoms with van der Waals surface area (Å²) in [6.45, 7) is 12.5. The minimum Gasteiger partial charge on any atom is -0.489 e. The van der Waals surface area contributed by atoms with Crippen molar-refractivity contribution >= 4 is 37.5 Å². The van der Waals surface area contributed by atoms with E-state index in [4.69, 9.17) is 15.2 Å². The first kappa shape index (κ1) is 40.6. The van der Waals surface area contributed by atoms with Gasteiger partial charge in [0.2, 0.25) is 5.78 Å². The van der Waals surface area contributed by atoms with Crippen LogP contribution in [0.2, 0.25) is 0 Å². The topological polar surface area (TPSA) is 124 Å². The summed E-state index contributed by atoms with van der Waals surface area (Å²) in [7, 11) is 1.49. The number of hydrogen-bond donors (Lipinski definition) is 3. The Labute approximate surface area is 299 Å². The van der Waals surface area contributed by atoms with E-state index in [1.165, 1.54) is 16.9 Å². The van der Waals surface area contributed by atoms with E-state index in [2.05, 4.69) is 30.6 Å². The number of anilines is 1. The van der Waals surface area contributed by atoms with Gasteiger partial charge in [0.05, 0.1) is 34.1 Å². The lowest BCUT2D eigenvalue weighted by Crippen LogP contribution is -2.23. The van der Waals surface area contributed by atoms with Crippen molar-refractivity contribution in [3.63, 3.8) is 0 Å². The second-order valence-corrected chi connectivity index (χ2v) is 14.1. The molecule has 0 saturated heterocycles. The van der Waals surface area contributed by atoms with Crippen LogP contribution in [0.5, 0.6) is 5.75 Å². The summed E-state index contributed by atoms with van der Waals surface area (Å²) in [5.41, 5.74) is 10.0. The van der Waals surface area contributed by atoms with Gasteiger partial charge in [-0.25, -0.2) is 13.6 Å². The van der Waals surface area contributed by atoms with E-state index < -0.39 is 23.4 Å². The molecule has 4 N–H and O–H groups in total. The molecule has 3 atom stereocenters. The largest absolute Gasteiger partial charge is 0.489 e. The Kier molecular flexibility index (Phi) is 15.8. The van der Waals surface area contributed by atoms with Crippen LogP contribution in [-0.2, 0) is 15.7 Å². The van der Waals surface area contributed by atoms with Gasteiger partial charge in [0, 0.05) is 22.8 Å². The number of nitrogen functional groups attached to an aromatic ring is 1. The zero-order valence-electron chi connectivity index (χ0n) is 29.7. The van der Waals surface area contributed by atoms with Crippen LogP contribution in [0.4, 0.5) is 14.6 Å². The molecule has 50 heavy (non-hydrogen) atoms. The van der Waals surface area contributed by atoms with Gasteiger partial charge in [-0.1, -0.05) is 31.7 Å². The monoisotopic (exact) mass is 729 g/mol. The summed E-state index contributed by atoms with van der Waals surface area (Å²) in [4.78, 5) is 17.2. The van der Waals surface area contributed by atoms with Crippen LogP contribution in [0.15, 0.2) is 78.0 Å². The number of H-pyrrole nitrogens is 1. The van der Waals surface area contributed by atoms with Crippen LogP contribution in [0.1, 0.15) is 92.2 Å². The van der Waals surface area contributed by atoms with Gasteiger partial charge in [-0.3, -0.25) is 4.79 Å². The van der Waals surface area contributed by atoms with E-state index in [-0.39, 0.29) is 40.6 Å². The number of alkyl halides is 2. The van der Waals surface area contributed by atoms with E-state index >= 15 is 0 Å². The van der Waals surface area contributed by atoms with Gasteiger partial charge in [-0.05, 0) is 113 Å². The fourth-order valence-corrected chi connectivity index (χ4v) is 6.63. The second-order valence-electron chi connectivity index (χ2n) is 12.0. The number of allylic oxidation sites excluding steroid dienone is 7. The Morgan fingerprint density at radius 2 is 2.00 bits per heavy atom. The van der Waals surface area contributed by atoms with E-state index in [0.29, 0.717) is 47.7 Å². The Morgan fingerprint density at radius 1 is 1.28 bits per heavy atom. The van der Waals surface area contributed by atoms with Gasteiger partial charge in [0.25, 0.3) is 0 Å². The average Bonchev–Trinajstić information content (AvgIpc) is 3.86. The lowest BCUT2D eigenvalue weighted by atomic mass is 9.93. The summed E-state index contributed by atoms with van der Waals surface area (Å²) in [6, 6.07) is 4.82. The summed E-state index contributed by atoms with van der Waals surface area (Å²) >= 11 is 0. The third kappa shape index (κ3) is 11.3. The quantitative estimate of drug-likeness (QED) is 0.0614. The van der Waals surface area contributed by atoms with Crippen molar-refractivity contribution in [2.24, 2.45) is 0 Å². The van der Waals surface area contributed by atoms with Gasteiger partial charge >= 0.3 is 6.61 Å². The fraction of sp³-hybridized carbons (Fsp3) is 0.405. The van der Waals surface area contributed by atoms with Crippen LogP contribution < -0.4 is 15.2 Å². The standard InChI is InChI=1S/C37H50F2N5O4PS/c1-8-12-32(34(49)11-4)47-18-16-24(6)31(10-3)44-36(40)29(22-41-44)35(45)30-19-23(5)20-33(48-37(38)39)28(21-25(7)43-30)26(9-2)15-17-42-50(46)27-13-14-27/h8,10-12,16,19-22,26-27,37,42-43H,4,9,13-15,17-18,40,49H2,1-3,5-7H3/b12-8-,23-20?,24-16-,25-21?,30-19?,31-10+,33-28?,34-32-. The number of carbonyl (C=O) groups is 1. The number of ketones is 1. The molecule has 2 aromatic heterocycles. The van der Waals surface area contributed by atoms with Crippen LogP contribution in [0.25, 0.3) is 5.70 Å². The van der Waals surface area contributed by atoms with Crippen LogP contribution in [-0.4, -0.2) is 49.8 Å². The third-order valence-corrected chi connectivity index (χ3v) is 10.2. The Hall–Kier alpha value is -3.86. The molecule has 1 fully saturated rings. The van der Waals surface area contributed by atoms with Crippen molar-refractivity contribution in [2.45, 2.75) is 85.0 Å². The predicted molar refractivity (Wildman–Crippen MR) is 203 cm³/mol. The van der Waals surface area contributed by atoms with E-state index in [9.17, 15) is 17.8 Å². The molecule has 1 aliphatic rings. The molecule has 1 aliphatic carbocycles. The maximum atomic E-state index is 14.0. The molecular weight excluding hydrogens is 679 g/mol. The summed E-state index contributed by atoms with van der Waals surface area (Å²) < 4.78 is 55.2. The van der Waals surface area contributed by atoms with Crippen LogP contribution >= 0.6 is 9.24 Å². The molecule has 0 aromatic carbocycles. The number of nitrogens with two attached hydrogens (primary N) is 1. The van der Waals surface area contributed by atoms with Crippen molar-refractivity contribution in [1.29, 1.82) is 0 Å². The minimum absolute atomic E-state index is 0.0156. The number of aromatic amines is 1. The molecule has 1 saturated carbocycles. The summed E-state index contributed by atoms with van der Waals surface area (Å²) in [6.07, 6.45) is 13.7. The number of nitrogens with one attached hydrogen (secondary N) is 2. The Morgan fingerprint density at radius 3 is 2.60 bits per heavy atom. The zero-order chi connectivity index (χ0) is 37.0. The molecule has 9 nitrogen and oxygen atoms in total. The molecule has 3 rings (SSSR count). The SMILES string of the molecule is C=C/C(P)=C(\C=C/C)OC/C=C(C)\C(=C/C)n1ncc(C(=O)c2cc(C)cc(OC(F)F)c(C(CC)CCNS(=O)C3CC3)cc(C)[nH]2)c1N. The van der Waals surface area contributed by atoms with Gasteiger partial charge in [0.1, 0.15) is 23.9 Å². The molecular formula is C37H50F2N5O4PS. The highest BCUT2D eigenvalue weighted by atomic mass is 32.2. The van der Waals surface area contributed by atoms with Gasteiger partial charge < -0.3 is 20.2 Å². The predicted octanol–water partition coefficient (Wildman–Crippen LogP) is 8.34. The number of halogens is 2. The van der Waals surface area contributed by atoms with Crippen molar-refractivity contribution in [2.75, 3.05) is 18.9 Å². The molecule has 2 aromatic rings. The highest BCUT2D eigenvalue weighted by molar-refractivity contribution is 7.84. The van der Waals surface area contributed by atoms with Crippen molar-refractivity contribution < 1.29 is 27.3 Å². The number of aryl methyl sites for hydroxylation is 2. The average molecular weight is 730 g/mol. The molecule has 13 heteroatoms. The van der Waals surface area contributed by atoms with Gasteiger partial charge in [0.15, 0.2) is 0 Å². The van der Waals surface area contributed by atoms with Crippen molar-refractivity contribution in [3.05, 3.63) is 106 Å². The smallest absolute Gasteiger partial charge is 0.387 e. The van der Waals surface area contributed by atoms with E-state index in [1.54, 1.807) is 32.1 Å². The zero-order valence-corrected chi connectivity index (χ0v) is 31.7. The maximum absolute atomic E-state index is 14.0. The Balaban J connectivity index is 1.97. The molecule has 0 bridgehead atoms. The fourth-order valence-electron chi connectivity index (χ4n) is 5.33. The van der Waals surface area contributed by atoms with Crippen LogP contribution in [0.3, 0.4) is 0 Å². The second kappa shape index (κ2) is 19.5. The number of rotatable bonds is 18. The lowest BCUT2D eigenvalue weighted by molar-refractivity contribution is -0.0506.